The third-order valence-corrected chi connectivity index (χ3v) is 6.87. The summed E-state index contributed by atoms with van der Waals surface area (Å²) in [6, 6.07) is 12.0. The number of anilines is 2. The molecular formula is C21H18N4OS2. The van der Waals surface area contributed by atoms with Crippen LogP contribution in [0.25, 0.3) is 21.5 Å². The maximum atomic E-state index is 12.8. The summed E-state index contributed by atoms with van der Waals surface area (Å²) in [5.41, 5.74) is 11.1. The van der Waals surface area contributed by atoms with Crippen molar-refractivity contribution in [3.05, 3.63) is 57.9 Å². The summed E-state index contributed by atoms with van der Waals surface area (Å²) in [5, 5.41) is 6.28. The van der Waals surface area contributed by atoms with Gasteiger partial charge in [0.1, 0.15) is 9.71 Å². The molecule has 28 heavy (non-hydrogen) atoms. The lowest BCUT2D eigenvalue weighted by molar-refractivity contribution is 0.103. The lowest BCUT2D eigenvalue weighted by Crippen LogP contribution is -2.11. The number of nitrogens with zero attached hydrogens (tertiary/aromatic N) is 2. The fourth-order valence-electron chi connectivity index (χ4n) is 3.55. The van der Waals surface area contributed by atoms with E-state index < -0.39 is 0 Å². The number of aromatic nitrogens is 2. The van der Waals surface area contributed by atoms with Crippen LogP contribution in [0.3, 0.4) is 0 Å². The van der Waals surface area contributed by atoms with Crippen molar-refractivity contribution >= 4 is 49.6 Å². The van der Waals surface area contributed by atoms with Gasteiger partial charge in [-0.1, -0.05) is 30.3 Å². The Bertz CT molecular complexity index is 1180. The van der Waals surface area contributed by atoms with Gasteiger partial charge in [-0.05, 0) is 37.3 Å². The minimum Gasteiger partial charge on any atom is -0.397 e. The molecule has 1 amide bonds. The predicted octanol–water partition coefficient (Wildman–Crippen LogP) is 5.13. The molecule has 140 valence electrons. The van der Waals surface area contributed by atoms with Crippen LogP contribution in [0, 0.1) is 0 Å². The minimum absolute atomic E-state index is 0.229. The highest BCUT2D eigenvalue weighted by atomic mass is 32.1. The Balaban J connectivity index is 1.43. The van der Waals surface area contributed by atoms with E-state index >= 15 is 0 Å². The lowest BCUT2D eigenvalue weighted by Gasteiger charge is -2.14. The quantitative estimate of drug-likeness (QED) is 0.494. The summed E-state index contributed by atoms with van der Waals surface area (Å²) >= 11 is 2.76. The highest BCUT2D eigenvalue weighted by Gasteiger charge is 2.21. The molecule has 0 fully saturated rings. The second kappa shape index (κ2) is 7.00. The average molecular weight is 407 g/mol. The molecule has 0 bridgehead atoms. The maximum Gasteiger partial charge on any atom is 0.269 e. The van der Waals surface area contributed by atoms with E-state index in [1.807, 2.05) is 35.7 Å². The van der Waals surface area contributed by atoms with Gasteiger partial charge in [0.05, 0.1) is 11.4 Å². The fraction of sp³-hybridized carbons (Fsp3) is 0.190. The number of pyridine rings is 1. The van der Waals surface area contributed by atoms with E-state index in [0.29, 0.717) is 15.7 Å². The molecule has 7 heteroatoms. The zero-order chi connectivity index (χ0) is 19.1. The predicted molar refractivity (Wildman–Crippen MR) is 116 cm³/mol. The summed E-state index contributed by atoms with van der Waals surface area (Å²) in [7, 11) is 0. The number of rotatable bonds is 3. The van der Waals surface area contributed by atoms with Crippen LogP contribution in [0.15, 0.2) is 41.8 Å². The number of thiazole rings is 1. The lowest BCUT2D eigenvalue weighted by atomic mass is 9.95. The number of carbonyl (C=O) groups is 1. The first-order valence-corrected chi connectivity index (χ1v) is 10.9. The van der Waals surface area contributed by atoms with Gasteiger partial charge in [-0.15, -0.1) is 22.7 Å². The van der Waals surface area contributed by atoms with E-state index in [2.05, 4.69) is 16.4 Å². The average Bonchev–Trinajstić information content (AvgIpc) is 3.32. The monoisotopic (exact) mass is 406 g/mol. The first-order valence-electron chi connectivity index (χ1n) is 9.22. The smallest absolute Gasteiger partial charge is 0.269 e. The van der Waals surface area contributed by atoms with E-state index in [0.717, 1.165) is 40.0 Å². The number of hydrogen-bond acceptors (Lipinski definition) is 6. The highest BCUT2D eigenvalue weighted by Crippen LogP contribution is 2.36. The standard InChI is InChI=1S/C21H18N4OS2/c22-17-14-10-13-8-4-5-9-15(13)23-20(14)28-18(17)19(26)25-21-24-16(11-27-21)12-6-2-1-3-7-12/h1-3,6-7,10-11H,4-5,8-9,22H2,(H,24,25,26). The highest BCUT2D eigenvalue weighted by molar-refractivity contribution is 7.21. The molecule has 1 aromatic carbocycles. The van der Waals surface area contributed by atoms with Crippen LogP contribution < -0.4 is 11.1 Å². The van der Waals surface area contributed by atoms with Crippen molar-refractivity contribution < 1.29 is 4.79 Å². The topological polar surface area (TPSA) is 80.9 Å². The molecule has 5 rings (SSSR count). The molecule has 0 unspecified atom stereocenters. The van der Waals surface area contributed by atoms with Gasteiger partial charge >= 0.3 is 0 Å². The summed E-state index contributed by atoms with van der Waals surface area (Å²) in [6.07, 6.45) is 4.40. The second-order valence-electron chi connectivity index (χ2n) is 6.86. The van der Waals surface area contributed by atoms with E-state index in [9.17, 15) is 4.79 Å². The Morgan fingerprint density at radius 3 is 2.79 bits per heavy atom. The second-order valence-corrected chi connectivity index (χ2v) is 8.71. The van der Waals surface area contributed by atoms with Crippen LogP contribution in [0.5, 0.6) is 0 Å². The Hall–Kier alpha value is -2.77. The first-order chi connectivity index (χ1) is 13.7. The number of nitrogens with two attached hydrogens (primary N) is 1. The van der Waals surface area contributed by atoms with E-state index in [-0.39, 0.29) is 5.91 Å². The number of fused-ring (bicyclic) bond motifs is 2. The summed E-state index contributed by atoms with van der Waals surface area (Å²) in [6.45, 7) is 0. The zero-order valence-corrected chi connectivity index (χ0v) is 16.7. The molecular weight excluding hydrogens is 388 g/mol. The van der Waals surface area contributed by atoms with Gasteiger partial charge in [0.15, 0.2) is 5.13 Å². The minimum atomic E-state index is -0.229. The number of nitrogens with one attached hydrogen (secondary N) is 1. The molecule has 3 N–H and O–H groups in total. The van der Waals surface area contributed by atoms with Crippen molar-refractivity contribution in [1.29, 1.82) is 0 Å². The van der Waals surface area contributed by atoms with Gasteiger partial charge in [0.25, 0.3) is 5.91 Å². The first kappa shape index (κ1) is 17.3. The maximum absolute atomic E-state index is 12.8. The van der Waals surface area contributed by atoms with Crippen LogP contribution in [0.4, 0.5) is 10.8 Å². The van der Waals surface area contributed by atoms with Crippen molar-refractivity contribution in [2.45, 2.75) is 25.7 Å². The molecule has 4 aromatic rings. The molecule has 0 saturated heterocycles. The SMILES string of the molecule is Nc1c(C(=O)Nc2nc(-c3ccccc3)cs2)sc2nc3c(cc12)CCCC3. The van der Waals surface area contributed by atoms with Gasteiger partial charge in [-0.3, -0.25) is 10.1 Å². The molecule has 3 aromatic heterocycles. The zero-order valence-electron chi connectivity index (χ0n) is 15.1. The summed E-state index contributed by atoms with van der Waals surface area (Å²) < 4.78 is 0. The van der Waals surface area contributed by atoms with Crippen molar-refractivity contribution in [2.24, 2.45) is 0 Å². The summed E-state index contributed by atoms with van der Waals surface area (Å²) in [5.74, 6) is -0.229. The molecule has 0 atom stereocenters. The van der Waals surface area contributed by atoms with Crippen molar-refractivity contribution in [1.82, 2.24) is 9.97 Å². The van der Waals surface area contributed by atoms with Crippen LogP contribution in [0.2, 0.25) is 0 Å². The number of amides is 1. The van der Waals surface area contributed by atoms with Gasteiger partial charge in [0.2, 0.25) is 0 Å². The number of aryl methyl sites for hydroxylation is 2. The Morgan fingerprint density at radius 2 is 1.93 bits per heavy atom. The van der Waals surface area contributed by atoms with E-state index in [1.54, 1.807) is 0 Å². The van der Waals surface area contributed by atoms with E-state index in [4.69, 9.17) is 10.7 Å². The number of benzene rings is 1. The molecule has 1 aliphatic carbocycles. The van der Waals surface area contributed by atoms with E-state index in [1.165, 1.54) is 41.1 Å². The third kappa shape index (κ3) is 3.06. The largest absolute Gasteiger partial charge is 0.397 e. The molecule has 0 aliphatic heterocycles. The van der Waals surface area contributed by atoms with Crippen LogP contribution in [-0.2, 0) is 12.8 Å². The molecule has 3 heterocycles. The fourth-order valence-corrected chi connectivity index (χ4v) is 5.26. The van der Waals surface area contributed by atoms with Gasteiger partial charge in [0, 0.05) is 22.0 Å². The summed E-state index contributed by atoms with van der Waals surface area (Å²) in [4.78, 5) is 23.5. The third-order valence-electron chi connectivity index (χ3n) is 5.00. The van der Waals surface area contributed by atoms with Crippen LogP contribution >= 0.6 is 22.7 Å². The molecule has 0 radical (unpaired) electrons. The van der Waals surface area contributed by atoms with Crippen LogP contribution in [0.1, 0.15) is 33.8 Å². The number of nitrogen functional groups attached to an aromatic ring is 1. The Morgan fingerprint density at radius 1 is 1.11 bits per heavy atom. The van der Waals surface area contributed by atoms with Gasteiger partial charge in [-0.25, -0.2) is 9.97 Å². The van der Waals surface area contributed by atoms with Gasteiger partial charge in [-0.2, -0.15) is 0 Å². The molecule has 0 spiro atoms. The van der Waals surface area contributed by atoms with Gasteiger partial charge < -0.3 is 5.73 Å². The van der Waals surface area contributed by atoms with Crippen molar-refractivity contribution in [3.8, 4) is 11.3 Å². The van der Waals surface area contributed by atoms with Crippen molar-refractivity contribution in [2.75, 3.05) is 11.1 Å². The number of thiophene rings is 1. The molecule has 1 aliphatic rings. The molecule has 0 saturated carbocycles. The Labute approximate surface area is 170 Å². The number of carbonyl (C=O) groups excluding carboxylic acids is 1. The normalized spacial score (nSPS) is 13.4. The Kier molecular flexibility index (Phi) is 4.33. The van der Waals surface area contributed by atoms with Crippen molar-refractivity contribution in [3.63, 3.8) is 0 Å². The van der Waals surface area contributed by atoms with Crippen LogP contribution in [-0.4, -0.2) is 15.9 Å². The number of hydrogen-bond donors (Lipinski definition) is 2. The molecule has 5 nitrogen and oxygen atoms in total.